The summed E-state index contributed by atoms with van der Waals surface area (Å²) in [6.07, 6.45) is 0.331. The number of nitrogens with one attached hydrogen (secondary N) is 2. The molecule has 0 heterocycles. The number of hydrogen-bond donors (Lipinski definition) is 4. The first-order valence-corrected chi connectivity index (χ1v) is 13.1. The van der Waals surface area contributed by atoms with Crippen molar-refractivity contribution in [1.29, 1.82) is 0 Å². The summed E-state index contributed by atoms with van der Waals surface area (Å²) < 4.78 is 32.8. The molecule has 2 aromatic carbocycles. The Balaban J connectivity index is 1.45. The molecule has 0 aromatic heterocycles. The Morgan fingerprint density at radius 3 is 2.39 bits per heavy atom. The molecular formula is C29H36F2N2O5. The summed E-state index contributed by atoms with van der Waals surface area (Å²) in [5.41, 5.74) is -0.345. The zero-order chi connectivity index (χ0) is 27.5. The van der Waals surface area contributed by atoms with E-state index >= 15 is 0 Å². The maximum Gasteiger partial charge on any atom is 0.411 e. The van der Waals surface area contributed by atoms with Crippen LogP contribution in [0.3, 0.4) is 0 Å². The lowest BCUT2D eigenvalue weighted by atomic mass is 9.46. The second-order valence-electron chi connectivity index (χ2n) is 11.2. The van der Waals surface area contributed by atoms with Crippen molar-refractivity contribution in [3.05, 3.63) is 65.7 Å². The predicted octanol–water partition coefficient (Wildman–Crippen LogP) is 4.77. The van der Waals surface area contributed by atoms with Crippen molar-refractivity contribution in [3.63, 3.8) is 0 Å². The van der Waals surface area contributed by atoms with Crippen molar-refractivity contribution in [1.82, 2.24) is 5.32 Å². The van der Waals surface area contributed by atoms with Gasteiger partial charge in [-0.05, 0) is 72.8 Å². The highest BCUT2D eigenvalue weighted by Crippen LogP contribution is 2.61. The first-order valence-electron chi connectivity index (χ1n) is 13.1. The molecule has 2 aliphatic rings. The van der Waals surface area contributed by atoms with Gasteiger partial charge in [0, 0.05) is 30.1 Å². The Bertz CT molecular complexity index is 1130. The quantitative estimate of drug-likeness (QED) is 0.412. The van der Waals surface area contributed by atoms with E-state index < -0.39 is 46.7 Å². The molecule has 4 rings (SSSR count). The summed E-state index contributed by atoms with van der Waals surface area (Å²) in [6.45, 7) is 3.70. The first kappa shape index (κ1) is 28.0. The summed E-state index contributed by atoms with van der Waals surface area (Å²) in [4.78, 5) is 25.6. The number of halogens is 2. The highest BCUT2D eigenvalue weighted by atomic mass is 19.1. The standard InChI is InChI=1S/C29H36F2N2O5/c1-28-11-10-25(38-27(37)33-21-6-4-3-5-7-21)29(2,17-34)24(28)9-8-23(35)22(28)15-26(36)32-16-18-12-19(30)14-20(31)13-18/h3-7,12-14,22-25,34-35H,8-11,15-17H2,1-2H3,(H,32,36)(H,33,37)/t22-,23-,24+,25-,28+,29+/m1/s1. The van der Waals surface area contributed by atoms with Crippen LogP contribution in [0.2, 0.25) is 0 Å². The van der Waals surface area contributed by atoms with Crippen LogP contribution in [-0.4, -0.2) is 41.0 Å². The maximum atomic E-state index is 13.5. The Hall–Kier alpha value is -3.04. The molecular weight excluding hydrogens is 494 g/mol. The molecule has 0 radical (unpaired) electrons. The van der Waals surface area contributed by atoms with Gasteiger partial charge in [-0.2, -0.15) is 0 Å². The second kappa shape index (κ2) is 11.4. The number of hydrogen-bond acceptors (Lipinski definition) is 5. The van der Waals surface area contributed by atoms with Crippen molar-refractivity contribution >= 4 is 17.7 Å². The number of aliphatic hydroxyl groups excluding tert-OH is 2. The van der Waals surface area contributed by atoms with Crippen molar-refractivity contribution in [3.8, 4) is 0 Å². The lowest BCUT2D eigenvalue weighted by molar-refractivity contribution is -0.185. The minimum Gasteiger partial charge on any atom is -0.445 e. The van der Waals surface area contributed by atoms with Crippen LogP contribution < -0.4 is 10.6 Å². The molecule has 0 unspecified atom stereocenters. The van der Waals surface area contributed by atoms with Crippen LogP contribution in [-0.2, 0) is 16.1 Å². The van der Waals surface area contributed by atoms with Gasteiger partial charge in [-0.15, -0.1) is 0 Å². The average molecular weight is 531 g/mol. The summed E-state index contributed by atoms with van der Waals surface area (Å²) in [6, 6.07) is 12.1. The molecule has 2 saturated carbocycles. The van der Waals surface area contributed by atoms with E-state index in [0.29, 0.717) is 36.9 Å². The van der Waals surface area contributed by atoms with E-state index in [0.717, 1.165) is 18.2 Å². The Labute approximate surface area is 221 Å². The minimum absolute atomic E-state index is 0.0305. The third kappa shape index (κ3) is 5.83. The molecule has 0 bridgehead atoms. The highest BCUT2D eigenvalue weighted by Gasteiger charge is 2.60. The van der Waals surface area contributed by atoms with Crippen LogP contribution in [0.1, 0.15) is 51.5 Å². The first-order chi connectivity index (χ1) is 18.0. The zero-order valence-electron chi connectivity index (χ0n) is 21.8. The highest BCUT2D eigenvalue weighted by molar-refractivity contribution is 5.84. The number of rotatable bonds is 7. The van der Waals surface area contributed by atoms with Gasteiger partial charge in [0.05, 0.1) is 12.7 Å². The van der Waals surface area contributed by atoms with Crippen LogP contribution in [0.15, 0.2) is 48.5 Å². The molecule has 0 spiro atoms. The molecule has 2 aromatic rings. The molecule has 38 heavy (non-hydrogen) atoms. The molecule has 2 amide bonds. The van der Waals surface area contributed by atoms with Crippen LogP contribution in [0.25, 0.3) is 0 Å². The number of carbonyl (C=O) groups is 2. The summed E-state index contributed by atoms with van der Waals surface area (Å²) in [5.74, 6) is -2.26. The fourth-order valence-corrected chi connectivity index (χ4v) is 6.76. The Morgan fingerprint density at radius 1 is 1.05 bits per heavy atom. The van der Waals surface area contributed by atoms with E-state index in [4.69, 9.17) is 4.74 Å². The van der Waals surface area contributed by atoms with Crippen LogP contribution >= 0.6 is 0 Å². The number of carbonyl (C=O) groups excluding carboxylic acids is 2. The molecule has 2 aliphatic carbocycles. The largest absolute Gasteiger partial charge is 0.445 e. The van der Waals surface area contributed by atoms with Crippen molar-refractivity contribution in [2.45, 2.75) is 64.7 Å². The van der Waals surface area contributed by atoms with E-state index in [2.05, 4.69) is 10.6 Å². The minimum atomic E-state index is -0.769. The normalized spacial score (nSPS) is 30.7. The molecule has 7 nitrogen and oxygen atoms in total. The number of para-hydroxylation sites is 1. The average Bonchev–Trinajstić information content (AvgIpc) is 2.87. The van der Waals surface area contributed by atoms with E-state index in [1.54, 1.807) is 24.3 Å². The van der Waals surface area contributed by atoms with Crippen LogP contribution in [0.5, 0.6) is 0 Å². The van der Waals surface area contributed by atoms with E-state index in [9.17, 15) is 28.6 Å². The second-order valence-corrected chi connectivity index (χ2v) is 11.2. The number of aliphatic hydroxyl groups is 2. The van der Waals surface area contributed by atoms with Gasteiger partial charge in [0.25, 0.3) is 0 Å². The molecule has 4 N–H and O–H groups in total. The van der Waals surface area contributed by atoms with Gasteiger partial charge in [-0.25, -0.2) is 13.6 Å². The number of fused-ring (bicyclic) bond motifs is 1. The van der Waals surface area contributed by atoms with Gasteiger partial charge in [-0.3, -0.25) is 10.1 Å². The van der Waals surface area contributed by atoms with E-state index in [1.807, 2.05) is 19.9 Å². The van der Waals surface area contributed by atoms with Gasteiger partial charge < -0.3 is 20.3 Å². The molecule has 0 saturated heterocycles. The molecule has 9 heteroatoms. The fraction of sp³-hybridized carbons (Fsp3) is 0.517. The lowest BCUT2D eigenvalue weighted by Gasteiger charge is -2.60. The topological polar surface area (TPSA) is 108 Å². The fourth-order valence-electron chi connectivity index (χ4n) is 6.76. The summed E-state index contributed by atoms with van der Waals surface area (Å²) >= 11 is 0. The number of amides is 2. The molecule has 0 aliphatic heterocycles. The summed E-state index contributed by atoms with van der Waals surface area (Å²) in [7, 11) is 0. The number of ether oxygens (including phenoxy) is 1. The Kier molecular flexibility index (Phi) is 8.37. The number of anilines is 1. The summed E-state index contributed by atoms with van der Waals surface area (Å²) in [5, 5.41) is 27.0. The van der Waals surface area contributed by atoms with Gasteiger partial charge in [0.15, 0.2) is 0 Å². The molecule has 206 valence electrons. The smallest absolute Gasteiger partial charge is 0.411 e. The third-order valence-electron chi connectivity index (χ3n) is 8.76. The molecule has 6 atom stereocenters. The van der Waals surface area contributed by atoms with E-state index in [1.165, 1.54) is 0 Å². The monoisotopic (exact) mass is 530 g/mol. The van der Waals surface area contributed by atoms with Gasteiger partial charge in [0.2, 0.25) is 5.91 Å². The van der Waals surface area contributed by atoms with Crippen LogP contribution in [0, 0.1) is 34.3 Å². The predicted molar refractivity (Wildman–Crippen MR) is 138 cm³/mol. The van der Waals surface area contributed by atoms with Crippen molar-refractivity contribution < 1.29 is 33.3 Å². The SMILES string of the molecule is C[C@]1(CO)[C@H]2CC[C@@H](O)[C@@H](CC(=O)NCc3cc(F)cc(F)c3)[C@]2(C)CC[C@H]1OC(=O)Nc1ccccc1. The Morgan fingerprint density at radius 2 is 1.74 bits per heavy atom. The number of benzene rings is 2. The van der Waals surface area contributed by atoms with Gasteiger partial charge in [-0.1, -0.05) is 32.0 Å². The zero-order valence-corrected chi connectivity index (χ0v) is 21.8. The van der Waals surface area contributed by atoms with Gasteiger partial charge >= 0.3 is 6.09 Å². The third-order valence-corrected chi connectivity index (χ3v) is 8.76. The maximum absolute atomic E-state index is 13.5. The van der Waals surface area contributed by atoms with E-state index in [-0.39, 0.29) is 31.4 Å². The molecule has 2 fully saturated rings. The van der Waals surface area contributed by atoms with Crippen LogP contribution in [0.4, 0.5) is 19.3 Å². The van der Waals surface area contributed by atoms with Crippen molar-refractivity contribution in [2.24, 2.45) is 22.7 Å². The van der Waals surface area contributed by atoms with Crippen molar-refractivity contribution in [2.75, 3.05) is 11.9 Å². The lowest BCUT2D eigenvalue weighted by Crippen LogP contribution is -2.61. The van der Waals surface area contributed by atoms with Gasteiger partial charge in [0.1, 0.15) is 17.7 Å².